The monoisotopic (exact) mass is 549 g/mol. The summed E-state index contributed by atoms with van der Waals surface area (Å²) in [5.74, 6) is -0.0676. The Bertz CT molecular complexity index is 1470. The van der Waals surface area contributed by atoms with Crippen LogP contribution in [-0.4, -0.2) is 13.3 Å². The molecule has 1 aliphatic carbocycles. The second-order valence-corrected chi connectivity index (χ2v) is 11.4. The van der Waals surface area contributed by atoms with E-state index in [0.717, 1.165) is 17.7 Å². The van der Waals surface area contributed by atoms with Crippen LogP contribution in [0, 0.1) is 16.0 Å². The highest BCUT2D eigenvalue weighted by Gasteiger charge is 2.39. The summed E-state index contributed by atoms with van der Waals surface area (Å²) in [5.41, 5.74) is 2.44. The minimum absolute atomic E-state index is 0.0136. The van der Waals surface area contributed by atoms with Gasteiger partial charge in [-0.05, 0) is 60.4 Å². The number of sulfonamides is 1. The van der Waals surface area contributed by atoms with Gasteiger partial charge in [-0.25, -0.2) is 8.42 Å². The maximum Gasteiger partial charge on any atom is 0.269 e. The number of anilines is 2. The van der Waals surface area contributed by atoms with Crippen molar-refractivity contribution in [2.45, 2.75) is 23.3 Å². The number of rotatable bonds is 5. The van der Waals surface area contributed by atoms with Gasteiger partial charge in [-0.1, -0.05) is 47.0 Å². The van der Waals surface area contributed by atoms with E-state index in [1.165, 1.54) is 42.5 Å². The topological polar surface area (TPSA) is 101 Å². The largest absolute Gasteiger partial charge is 0.378 e. The molecule has 11 heteroatoms. The smallest absolute Gasteiger partial charge is 0.269 e. The van der Waals surface area contributed by atoms with Crippen molar-refractivity contribution < 1.29 is 13.3 Å². The zero-order valence-electron chi connectivity index (χ0n) is 17.9. The number of non-ortho nitro benzene ring substituents is 1. The van der Waals surface area contributed by atoms with Gasteiger partial charge in [0.1, 0.15) is 0 Å². The number of hydrogen-bond donors (Lipinski definition) is 2. The average molecular weight is 551 g/mol. The normalized spacial score (nSPS) is 20.6. The van der Waals surface area contributed by atoms with Gasteiger partial charge in [0.15, 0.2) is 0 Å². The predicted octanol–water partition coefficient (Wildman–Crippen LogP) is 7.18. The first-order chi connectivity index (χ1) is 16.6. The second kappa shape index (κ2) is 9.02. The number of nitro groups is 1. The lowest BCUT2D eigenvalue weighted by atomic mass is 9.77. The van der Waals surface area contributed by atoms with Crippen LogP contribution in [0.5, 0.6) is 0 Å². The molecule has 5 rings (SSSR count). The maximum atomic E-state index is 13.1. The van der Waals surface area contributed by atoms with E-state index in [2.05, 4.69) is 10.0 Å². The van der Waals surface area contributed by atoms with E-state index in [9.17, 15) is 18.5 Å². The van der Waals surface area contributed by atoms with Crippen molar-refractivity contribution >= 4 is 61.9 Å². The van der Waals surface area contributed by atoms with Gasteiger partial charge in [0, 0.05) is 44.4 Å². The van der Waals surface area contributed by atoms with E-state index < -0.39 is 14.9 Å². The Hall–Kier alpha value is -2.78. The van der Waals surface area contributed by atoms with Crippen LogP contribution in [0.2, 0.25) is 15.1 Å². The fourth-order valence-corrected chi connectivity index (χ4v) is 6.59. The Morgan fingerprint density at radius 2 is 1.71 bits per heavy atom. The lowest BCUT2D eigenvalue weighted by Crippen LogP contribution is -2.29. The zero-order chi connectivity index (χ0) is 24.9. The number of nitrogens with zero attached hydrogens (tertiary/aromatic N) is 1. The first kappa shape index (κ1) is 23.9. The molecule has 0 aromatic heterocycles. The molecule has 3 atom stereocenters. The molecule has 0 amide bonds. The summed E-state index contributed by atoms with van der Waals surface area (Å²) in [6.45, 7) is 0. The Morgan fingerprint density at radius 3 is 2.43 bits per heavy atom. The molecular weight excluding hydrogens is 533 g/mol. The summed E-state index contributed by atoms with van der Waals surface area (Å²) in [6.07, 6.45) is 4.80. The molecule has 3 aromatic rings. The van der Waals surface area contributed by atoms with E-state index in [0.29, 0.717) is 20.6 Å². The molecule has 0 fully saturated rings. The fourth-order valence-electron chi connectivity index (χ4n) is 4.76. The lowest BCUT2D eigenvalue weighted by molar-refractivity contribution is -0.384. The molecule has 0 spiro atoms. The molecule has 3 aromatic carbocycles. The van der Waals surface area contributed by atoms with Crippen molar-refractivity contribution in [3.63, 3.8) is 0 Å². The van der Waals surface area contributed by atoms with Crippen LogP contribution in [0.3, 0.4) is 0 Å². The van der Waals surface area contributed by atoms with Gasteiger partial charge < -0.3 is 5.32 Å². The third-order valence-electron chi connectivity index (χ3n) is 6.28. The first-order valence-corrected chi connectivity index (χ1v) is 13.2. The molecular formula is C24H18Cl3N3O4S. The molecule has 0 bridgehead atoms. The summed E-state index contributed by atoms with van der Waals surface area (Å²) < 4.78 is 28.8. The van der Waals surface area contributed by atoms with Crippen LogP contribution in [0.4, 0.5) is 17.1 Å². The summed E-state index contributed by atoms with van der Waals surface area (Å²) in [7, 11) is -3.91. The minimum Gasteiger partial charge on any atom is -0.378 e. The molecule has 0 saturated heterocycles. The lowest BCUT2D eigenvalue weighted by Gasteiger charge is -2.38. The molecule has 1 aliphatic heterocycles. The van der Waals surface area contributed by atoms with Crippen molar-refractivity contribution in [3.05, 3.63) is 103 Å². The molecule has 0 saturated carbocycles. The number of nitro benzene ring substituents is 1. The Kier molecular flexibility index (Phi) is 6.17. The third-order valence-corrected chi connectivity index (χ3v) is 8.44. The van der Waals surface area contributed by atoms with Gasteiger partial charge in [0.2, 0.25) is 0 Å². The fraction of sp³-hybridized carbons (Fsp3) is 0.167. The molecule has 1 heterocycles. The van der Waals surface area contributed by atoms with Gasteiger partial charge >= 0.3 is 0 Å². The maximum absolute atomic E-state index is 13.1. The van der Waals surface area contributed by atoms with Gasteiger partial charge in [-0.3, -0.25) is 14.8 Å². The Labute approximate surface area is 216 Å². The molecule has 0 radical (unpaired) electrons. The average Bonchev–Trinajstić information content (AvgIpc) is 3.28. The van der Waals surface area contributed by atoms with Gasteiger partial charge in [0.05, 0.1) is 21.5 Å². The number of hydrogen-bond acceptors (Lipinski definition) is 5. The van der Waals surface area contributed by atoms with Crippen LogP contribution < -0.4 is 10.0 Å². The molecule has 35 heavy (non-hydrogen) atoms. The molecule has 2 N–H and O–H groups in total. The second-order valence-electron chi connectivity index (χ2n) is 8.45. The van der Waals surface area contributed by atoms with Crippen molar-refractivity contribution in [3.8, 4) is 0 Å². The number of halogens is 3. The SMILES string of the molecule is O=[N+]([O-])c1ccc(Cl)c([C@H]2Nc3ccc(S(=O)(=O)Nc4cc(Cl)cc(Cl)c4)cc3[C@H]3C=CC[C@H]32)c1. The van der Waals surface area contributed by atoms with Gasteiger partial charge in [0.25, 0.3) is 15.7 Å². The summed E-state index contributed by atoms with van der Waals surface area (Å²) >= 11 is 18.4. The van der Waals surface area contributed by atoms with Crippen molar-refractivity contribution in [2.75, 3.05) is 10.0 Å². The summed E-state index contributed by atoms with van der Waals surface area (Å²) in [5, 5.41) is 15.8. The van der Waals surface area contributed by atoms with Gasteiger partial charge in [-0.2, -0.15) is 0 Å². The van der Waals surface area contributed by atoms with Crippen LogP contribution in [0.15, 0.2) is 71.6 Å². The highest BCUT2D eigenvalue weighted by atomic mass is 35.5. The summed E-state index contributed by atoms with van der Waals surface area (Å²) in [6, 6.07) is 13.5. The predicted molar refractivity (Wildman–Crippen MR) is 138 cm³/mol. The highest BCUT2D eigenvalue weighted by Crippen LogP contribution is 2.51. The van der Waals surface area contributed by atoms with Crippen LogP contribution >= 0.6 is 34.8 Å². The number of nitrogens with one attached hydrogen (secondary N) is 2. The number of benzene rings is 3. The molecule has 180 valence electrons. The van der Waals surface area contributed by atoms with Crippen LogP contribution in [-0.2, 0) is 10.0 Å². The molecule has 0 unspecified atom stereocenters. The quantitative estimate of drug-likeness (QED) is 0.199. The Morgan fingerprint density at radius 1 is 0.971 bits per heavy atom. The van der Waals surface area contributed by atoms with Gasteiger partial charge in [-0.15, -0.1) is 0 Å². The van der Waals surface area contributed by atoms with Crippen LogP contribution in [0.1, 0.15) is 29.5 Å². The molecule has 2 aliphatic rings. The number of fused-ring (bicyclic) bond motifs is 3. The molecule has 7 nitrogen and oxygen atoms in total. The summed E-state index contributed by atoms with van der Waals surface area (Å²) in [4.78, 5) is 11.0. The first-order valence-electron chi connectivity index (χ1n) is 10.6. The Balaban J connectivity index is 1.51. The van der Waals surface area contributed by atoms with E-state index in [1.54, 1.807) is 12.1 Å². The van der Waals surface area contributed by atoms with E-state index in [4.69, 9.17) is 34.8 Å². The minimum atomic E-state index is -3.91. The van der Waals surface area contributed by atoms with Crippen molar-refractivity contribution in [1.29, 1.82) is 0 Å². The van der Waals surface area contributed by atoms with E-state index in [-0.39, 0.29) is 34.1 Å². The van der Waals surface area contributed by atoms with Crippen LogP contribution in [0.25, 0.3) is 0 Å². The number of allylic oxidation sites excluding steroid dienone is 2. The van der Waals surface area contributed by atoms with E-state index in [1.807, 2.05) is 12.2 Å². The highest BCUT2D eigenvalue weighted by molar-refractivity contribution is 7.92. The zero-order valence-corrected chi connectivity index (χ0v) is 21.0. The standard InChI is InChI=1S/C24H18Cl3N3O4S/c25-13-8-14(26)10-15(9-13)29-35(33,34)17-5-7-23-20(12-17)18-2-1-3-19(18)24(28-23)21-11-16(30(31)32)4-6-22(21)27/h1-2,4-12,18-19,24,28-29H,3H2/t18-,19+,24-/m0/s1. The third kappa shape index (κ3) is 4.59. The van der Waals surface area contributed by atoms with E-state index >= 15 is 0 Å². The van der Waals surface area contributed by atoms with Crippen molar-refractivity contribution in [1.82, 2.24) is 0 Å². The van der Waals surface area contributed by atoms with Crippen molar-refractivity contribution in [2.24, 2.45) is 5.92 Å².